The minimum Gasteiger partial charge on any atom is -0.409 e. The Labute approximate surface area is 112 Å². The maximum Gasteiger partial charge on any atom is 0.172 e. The van der Waals surface area contributed by atoms with Crippen LogP contribution < -0.4 is 5.73 Å². The van der Waals surface area contributed by atoms with Gasteiger partial charge < -0.3 is 15.5 Å². The standard InChI is InChI=1S/C14H18N4O/c1-3-4-13-16-7-8-18(13)12-9-10(2)5-6-11(12)14(15)17-19/h5-9,19H,3-4H2,1-2H3,(H2,15,17). The SMILES string of the molecule is CCCc1nccn1-c1cc(C)ccc1C(N)=NO. The van der Waals surface area contributed by atoms with E-state index in [1.54, 1.807) is 6.20 Å². The molecule has 0 amide bonds. The number of aromatic nitrogens is 2. The zero-order valence-electron chi connectivity index (χ0n) is 11.2. The zero-order chi connectivity index (χ0) is 13.8. The van der Waals surface area contributed by atoms with E-state index in [1.165, 1.54) is 0 Å². The van der Waals surface area contributed by atoms with Gasteiger partial charge in [0.15, 0.2) is 5.84 Å². The Kier molecular flexibility index (Phi) is 3.85. The summed E-state index contributed by atoms with van der Waals surface area (Å²) in [5, 5.41) is 12.0. The predicted molar refractivity (Wildman–Crippen MR) is 74.8 cm³/mol. The molecule has 2 rings (SSSR count). The van der Waals surface area contributed by atoms with Crippen LogP contribution in [0.25, 0.3) is 5.69 Å². The molecule has 5 nitrogen and oxygen atoms in total. The van der Waals surface area contributed by atoms with Gasteiger partial charge >= 0.3 is 0 Å². The van der Waals surface area contributed by atoms with E-state index in [1.807, 2.05) is 35.9 Å². The van der Waals surface area contributed by atoms with E-state index in [0.29, 0.717) is 5.56 Å². The molecule has 0 fully saturated rings. The molecule has 5 heteroatoms. The first-order chi connectivity index (χ1) is 9.17. The van der Waals surface area contributed by atoms with Crippen molar-refractivity contribution in [2.45, 2.75) is 26.7 Å². The van der Waals surface area contributed by atoms with Crippen LogP contribution in [0, 0.1) is 6.92 Å². The van der Waals surface area contributed by atoms with Crippen molar-refractivity contribution in [3.63, 3.8) is 0 Å². The fourth-order valence-corrected chi connectivity index (χ4v) is 2.07. The fourth-order valence-electron chi connectivity index (χ4n) is 2.07. The number of nitrogens with zero attached hydrogens (tertiary/aromatic N) is 3. The van der Waals surface area contributed by atoms with Crippen molar-refractivity contribution >= 4 is 5.84 Å². The van der Waals surface area contributed by atoms with E-state index >= 15 is 0 Å². The number of hydrogen-bond acceptors (Lipinski definition) is 3. The van der Waals surface area contributed by atoms with E-state index in [-0.39, 0.29) is 5.84 Å². The summed E-state index contributed by atoms with van der Waals surface area (Å²) in [6, 6.07) is 5.80. The van der Waals surface area contributed by atoms with Crippen molar-refractivity contribution in [2.75, 3.05) is 0 Å². The van der Waals surface area contributed by atoms with E-state index in [9.17, 15) is 0 Å². The molecule has 1 aromatic heterocycles. The summed E-state index contributed by atoms with van der Waals surface area (Å²) < 4.78 is 1.99. The maximum atomic E-state index is 8.89. The van der Waals surface area contributed by atoms with Crippen molar-refractivity contribution in [1.82, 2.24) is 9.55 Å². The van der Waals surface area contributed by atoms with Crippen LogP contribution in [-0.2, 0) is 6.42 Å². The largest absolute Gasteiger partial charge is 0.409 e. The number of rotatable bonds is 4. The van der Waals surface area contributed by atoms with Crippen LogP contribution in [0.2, 0.25) is 0 Å². The van der Waals surface area contributed by atoms with Crippen molar-refractivity contribution in [1.29, 1.82) is 0 Å². The van der Waals surface area contributed by atoms with Gasteiger partial charge in [0.05, 0.1) is 5.69 Å². The number of nitrogens with two attached hydrogens (primary N) is 1. The molecule has 0 atom stereocenters. The predicted octanol–water partition coefficient (Wildman–Crippen LogP) is 2.23. The number of amidine groups is 1. The van der Waals surface area contributed by atoms with Crippen LogP contribution in [-0.4, -0.2) is 20.6 Å². The maximum absolute atomic E-state index is 8.89. The van der Waals surface area contributed by atoms with Crippen molar-refractivity contribution in [3.8, 4) is 5.69 Å². The van der Waals surface area contributed by atoms with Crippen molar-refractivity contribution in [3.05, 3.63) is 47.5 Å². The third-order valence-electron chi connectivity index (χ3n) is 2.99. The molecular weight excluding hydrogens is 240 g/mol. The van der Waals surface area contributed by atoms with Gasteiger partial charge in [-0.1, -0.05) is 18.1 Å². The summed E-state index contributed by atoms with van der Waals surface area (Å²) in [7, 11) is 0. The van der Waals surface area contributed by atoms with E-state index in [2.05, 4.69) is 17.1 Å². The first kappa shape index (κ1) is 13.1. The molecule has 2 aromatic rings. The van der Waals surface area contributed by atoms with Crippen LogP contribution in [0.5, 0.6) is 0 Å². The highest BCUT2D eigenvalue weighted by Gasteiger charge is 2.12. The molecule has 1 heterocycles. The van der Waals surface area contributed by atoms with Crippen LogP contribution >= 0.6 is 0 Å². The monoisotopic (exact) mass is 258 g/mol. The minimum absolute atomic E-state index is 0.103. The Morgan fingerprint density at radius 3 is 2.95 bits per heavy atom. The highest BCUT2D eigenvalue weighted by Crippen LogP contribution is 2.19. The van der Waals surface area contributed by atoms with Gasteiger partial charge in [0.1, 0.15) is 5.82 Å². The van der Waals surface area contributed by atoms with Gasteiger partial charge in [-0.2, -0.15) is 0 Å². The second kappa shape index (κ2) is 5.56. The average Bonchev–Trinajstić information content (AvgIpc) is 2.86. The molecule has 0 spiro atoms. The van der Waals surface area contributed by atoms with Crippen LogP contribution in [0.1, 0.15) is 30.3 Å². The molecule has 0 bridgehead atoms. The average molecular weight is 258 g/mol. The molecule has 0 saturated carbocycles. The Morgan fingerprint density at radius 2 is 2.26 bits per heavy atom. The third kappa shape index (κ3) is 2.59. The van der Waals surface area contributed by atoms with E-state index in [4.69, 9.17) is 10.9 Å². The van der Waals surface area contributed by atoms with Crippen molar-refractivity contribution in [2.24, 2.45) is 10.9 Å². The molecule has 0 aliphatic rings. The van der Waals surface area contributed by atoms with Crippen LogP contribution in [0.15, 0.2) is 35.7 Å². The van der Waals surface area contributed by atoms with Crippen LogP contribution in [0.3, 0.4) is 0 Å². The Morgan fingerprint density at radius 1 is 1.47 bits per heavy atom. The Balaban J connectivity index is 2.60. The topological polar surface area (TPSA) is 76.4 Å². The second-order valence-corrected chi connectivity index (χ2v) is 4.47. The first-order valence-corrected chi connectivity index (χ1v) is 6.28. The van der Waals surface area contributed by atoms with Gasteiger partial charge in [0, 0.05) is 24.4 Å². The number of benzene rings is 1. The number of hydrogen-bond donors (Lipinski definition) is 2. The lowest BCUT2D eigenvalue weighted by Gasteiger charge is -2.13. The van der Waals surface area contributed by atoms with E-state index < -0.39 is 0 Å². The highest BCUT2D eigenvalue weighted by atomic mass is 16.4. The second-order valence-electron chi connectivity index (χ2n) is 4.47. The third-order valence-corrected chi connectivity index (χ3v) is 2.99. The van der Waals surface area contributed by atoms with Gasteiger partial charge in [-0.3, -0.25) is 0 Å². The van der Waals surface area contributed by atoms with Crippen molar-refractivity contribution < 1.29 is 5.21 Å². The quantitative estimate of drug-likeness (QED) is 0.382. The summed E-state index contributed by atoms with van der Waals surface area (Å²) in [4.78, 5) is 4.36. The minimum atomic E-state index is 0.103. The number of imidazole rings is 1. The highest BCUT2D eigenvalue weighted by molar-refractivity contribution is 6.00. The van der Waals surface area contributed by atoms with E-state index in [0.717, 1.165) is 29.9 Å². The fraction of sp³-hybridized carbons (Fsp3) is 0.286. The number of aryl methyl sites for hydroxylation is 2. The molecular formula is C14H18N4O. The van der Waals surface area contributed by atoms with Gasteiger partial charge in [0.2, 0.25) is 0 Å². The Hall–Kier alpha value is -2.30. The van der Waals surface area contributed by atoms with Gasteiger partial charge in [-0.15, -0.1) is 0 Å². The normalized spacial score (nSPS) is 11.8. The van der Waals surface area contributed by atoms with Crippen LogP contribution in [0.4, 0.5) is 0 Å². The van der Waals surface area contributed by atoms with Gasteiger partial charge in [0.25, 0.3) is 0 Å². The molecule has 0 unspecified atom stereocenters. The summed E-state index contributed by atoms with van der Waals surface area (Å²) in [5.74, 6) is 1.08. The first-order valence-electron chi connectivity index (χ1n) is 6.28. The molecule has 0 aliphatic heterocycles. The molecule has 0 aliphatic carbocycles. The Bertz CT molecular complexity index is 601. The molecule has 0 saturated heterocycles. The van der Waals surface area contributed by atoms with Gasteiger partial charge in [-0.05, 0) is 31.0 Å². The zero-order valence-corrected chi connectivity index (χ0v) is 11.2. The number of oxime groups is 1. The summed E-state index contributed by atoms with van der Waals surface area (Å²) in [5.41, 5.74) is 8.44. The molecule has 19 heavy (non-hydrogen) atoms. The molecule has 100 valence electrons. The summed E-state index contributed by atoms with van der Waals surface area (Å²) in [6.07, 6.45) is 5.57. The summed E-state index contributed by atoms with van der Waals surface area (Å²) in [6.45, 7) is 4.12. The lowest BCUT2D eigenvalue weighted by atomic mass is 10.1. The lowest BCUT2D eigenvalue weighted by Crippen LogP contribution is -2.17. The van der Waals surface area contributed by atoms with Gasteiger partial charge in [-0.25, -0.2) is 4.98 Å². The molecule has 3 N–H and O–H groups in total. The smallest absolute Gasteiger partial charge is 0.172 e. The molecule has 0 radical (unpaired) electrons. The summed E-state index contributed by atoms with van der Waals surface area (Å²) >= 11 is 0. The lowest BCUT2D eigenvalue weighted by molar-refractivity contribution is 0.318. The molecule has 1 aromatic carbocycles.